The Morgan fingerprint density at radius 3 is 2.34 bits per heavy atom. The topological polar surface area (TPSA) is 52.2 Å². The molecule has 150 valence electrons. The van der Waals surface area contributed by atoms with Crippen LogP contribution in [0.2, 0.25) is 0 Å². The van der Waals surface area contributed by atoms with Crippen LogP contribution in [0.4, 0.5) is 34.6 Å². The summed E-state index contributed by atoms with van der Waals surface area (Å²) in [6.45, 7) is 3.46. The summed E-state index contributed by atoms with van der Waals surface area (Å²) in [4.78, 5) is 16.1. The summed E-state index contributed by atoms with van der Waals surface area (Å²) in [5.74, 6) is -0.985. The van der Waals surface area contributed by atoms with Crippen molar-refractivity contribution in [3.05, 3.63) is 70.8 Å². The van der Waals surface area contributed by atoms with Crippen molar-refractivity contribution in [1.29, 1.82) is 0 Å². The summed E-state index contributed by atoms with van der Waals surface area (Å²) in [5.41, 5.74) is 1.57. The molecule has 4 rings (SSSR count). The van der Waals surface area contributed by atoms with Gasteiger partial charge in [0.15, 0.2) is 0 Å². The lowest BCUT2D eigenvalue weighted by molar-refractivity contribution is -0.137. The van der Waals surface area contributed by atoms with E-state index in [0.717, 1.165) is 12.1 Å². The maximum Gasteiger partial charge on any atom is 0.416 e. The van der Waals surface area contributed by atoms with Gasteiger partial charge in [0, 0.05) is 5.69 Å². The Kier molecular flexibility index (Phi) is 4.33. The van der Waals surface area contributed by atoms with Crippen molar-refractivity contribution in [2.75, 3.05) is 16.5 Å². The van der Waals surface area contributed by atoms with E-state index in [1.54, 1.807) is 24.8 Å². The second-order valence-corrected chi connectivity index (χ2v) is 6.84. The highest BCUT2D eigenvalue weighted by atomic mass is 19.4. The molecule has 0 saturated carbocycles. The number of fused-ring (bicyclic) bond motifs is 1. The van der Waals surface area contributed by atoms with Crippen molar-refractivity contribution in [1.82, 2.24) is 10.2 Å². The van der Waals surface area contributed by atoms with Gasteiger partial charge in [0.05, 0.1) is 34.4 Å². The first kappa shape index (κ1) is 19.0. The monoisotopic (exact) mass is 404 g/mol. The van der Waals surface area contributed by atoms with Gasteiger partial charge in [-0.1, -0.05) is 0 Å². The van der Waals surface area contributed by atoms with Gasteiger partial charge in [-0.25, -0.2) is 4.39 Å². The zero-order chi connectivity index (χ0) is 20.9. The number of hydrogen-bond donors (Lipinski definition) is 1. The fourth-order valence-electron chi connectivity index (χ4n) is 3.48. The highest BCUT2D eigenvalue weighted by Crippen LogP contribution is 2.40. The first-order chi connectivity index (χ1) is 13.7. The molecule has 1 N–H and O–H groups in total. The Morgan fingerprint density at radius 1 is 1.00 bits per heavy atom. The number of rotatable bonds is 2. The number of H-pyrrole nitrogens is 1. The molecule has 0 saturated heterocycles. The molecule has 2 aromatic carbocycles. The lowest BCUT2D eigenvalue weighted by atomic mass is 10.0. The fraction of sp³-hybridized carbons (Fsp3) is 0.200. The molecule has 0 fully saturated rings. The van der Waals surface area contributed by atoms with Crippen LogP contribution < -0.4 is 9.80 Å². The third kappa shape index (κ3) is 3.22. The van der Waals surface area contributed by atoms with Gasteiger partial charge in [0.2, 0.25) is 0 Å². The number of aromatic nitrogens is 2. The van der Waals surface area contributed by atoms with E-state index in [2.05, 4.69) is 10.2 Å². The molecule has 0 bridgehead atoms. The second-order valence-electron chi connectivity index (χ2n) is 6.84. The predicted molar refractivity (Wildman–Crippen MR) is 99.7 cm³/mol. The number of amides is 1. The minimum atomic E-state index is -4.58. The molecule has 5 nitrogen and oxygen atoms in total. The maximum absolute atomic E-state index is 13.6. The zero-order valence-electron chi connectivity index (χ0n) is 15.5. The Morgan fingerprint density at radius 2 is 1.72 bits per heavy atom. The lowest BCUT2D eigenvalue weighted by Gasteiger charge is -2.38. The molecular weight excluding hydrogens is 388 g/mol. The Hall–Kier alpha value is -3.36. The molecule has 9 heteroatoms. The van der Waals surface area contributed by atoms with Crippen LogP contribution in [-0.2, 0) is 6.18 Å². The van der Waals surface area contributed by atoms with Gasteiger partial charge in [0.25, 0.3) is 5.91 Å². The van der Waals surface area contributed by atoms with Gasteiger partial charge >= 0.3 is 6.18 Å². The number of alkyl halides is 3. The van der Waals surface area contributed by atoms with E-state index in [1.807, 2.05) is 0 Å². The van der Waals surface area contributed by atoms with E-state index in [4.69, 9.17) is 0 Å². The van der Waals surface area contributed by atoms with Crippen LogP contribution in [0.25, 0.3) is 0 Å². The number of carbonyl (C=O) groups excluding carboxylic acids is 1. The minimum absolute atomic E-state index is 0.0457. The van der Waals surface area contributed by atoms with Crippen LogP contribution in [0.1, 0.15) is 27.2 Å². The van der Waals surface area contributed by atoms with Crippen molar-refractivity contribution in [3.63, 3.8) is 0 Å². The number of halogens is 4. The number of aromatic amines is 1. The molecule has 0 unspecified atom stereocenters. The summed E-state index contributed by atoms with van der Waals surface area (Å²) in [6.07, 6.45) is -3.14. The summed E-state index contributed by atoms with van der Waals surface area (Å²) >= 11 is 0. The van der Waals surface area contributed by atoms with Crippen molar-refractivity contribution < 1.29 is 22.4 Å². The van der Waals surface area contributed by atoms with Crippen LogP contribution >= 0.6 is 0 Å². The average Bonchev–Trinajstić information content (AvgIpc) is 3.07. The van der Waals surface area contributed by atoms with Gasteiger partial charge in [-0.2, -0.15) is 18.3 Å². The van der Waals surface area contributed by atoms with Crippen molar-refractivity contribution in [2.45, 2.75) is 20.0 Å². The molecule has 0 spiro atoms. The van der Waals surface area contributed by atoms with E-state index < -0.39 is 23.5 Å². The third-order valence-electron chi connectivity index (χ3n) is 4.92. The van der Waals surface area contributed by atoms with Gasteiger partial charge < -0.3 is 4.90 Å². The third-order valence-corrected chi connectivity index (χ3v) is 4.92. The highest BCUT2D eigenvalue weighted by Gasteiger charge is 2.37. The average molecular weight is 404 g/mol. The first-order valence-electron chi connectivity index (χ1n) is 8.73. The SMILES string of the molecule is Cc1cc(F)ccc1N1CN(c2cn[nH]c2C)C(=O)c2cc(C(F)(F)F)ccc21. The van der Waals surface area contributed by atoms with Crippen LogP contribution in [0.15, 0.2) is 42.6 Å². The van der Waals surface area contributed by atoms with Crippen molar-refractivity contribution >= 4 is 23.0 Å². The molecule has 1 aliphatic rings. The normalized spacial score (nSPS) is 14.3. The highest BCUT2D eigenvalue weighted by molar-refractivity contribution is 6.12. The minimum Gasteiger partial charge on any atom is -0.322 e. The molecule has 0 atom stereocenters. The Balaban J connectivity index is 1.91. The number of nitrogens with one attached hydrogen (secondary N) is 1. The molecule has 0 radical (unpaired) electrons. The molecular formula is C20H16F4N4O. The van der Waals surface area contributed by atoms with E-state index in [0.29, 0.717) is 28.3 Å². The molecule has 1 aliphatic heterocycles. The molecule has 2 heterocycles. The van der Waals surface area contributed by atoms with Crippen LogP contribution in [0, 0.1) is 19.7 Å². The van der Waals surface area contributed by atoms with Crippen LogP contribution in [0.5, 0.6) is 0 Å². The number of nitrogens with zero attached hydrogens (tertiary/aromatic N) is 3. The molecule has 3 aromatic rings. The number of aryl methyl sites for hydroxylation is 2. The van der Waals surface area contributed by atoms with E-state index >= 15 is 0 Å². The smallest absolute Gasteiger partial charge is 0.322 e. The molecule has 29 heavy (non-hydrogen) atoms. The van der Waals surface area contributed by atoms with E-state index in [1.165, 1.54) is 29.3 Å². The zero-order valence-corrected chi connectivity index (χ0v) is 15.5. The van der Waals surface area contributed by atoms with Crippen LogP contribution in [-0.4, -0.2) is 22.8 Å². The van der Waals surface area contributed by atoms with Gasteiger partial charge in [-0.15, -0.1) is 0 Å². The number of benzene rings is 2. The van der Waals surface area contributed by atoms with Gasteiger partial charge in [-0.3, -0.25) is 14.8 Å². The second kappa shape index (κ2) is 6.61. The summed E-state index contributed by atoms with van der Waals surface area (Å²) in [6, 6.07) is 7.22. The number of hydrogen-bond acceptors (Lipinski definition) is 3. The largest absolute Gasteiger partial charge is 0.416 e. The lowest BCUT2D eigenvalue weighted by Crippen LogP contribution is -2.45. The number of anilines is 3. The van der Waals surface area contributed by atoms with E-state index in [-0.39, 0.29) is 12.2 Å². The van der Waals surface area contributed by atoms with Crippen molar-refractivity contribution in [2.24, 2.45) is 0 Å². The van der Waals surface area contributed by atoms with E-state index in [9.17, 15) is 22.4 Å². The quantitative estimate of drug-likeness (QED) is 0.616. The van der Waals surface area contributed by atoms with Crippen molar-refractivity contribution in [3.8, 4) is 0 Å². The number of carbonyl (C=O) groups is 1. The molecule has 1 amide bonds. The fourth-order valence-corrected chi connectivity index (χ4v) is 3.48. The van der Waals surface area contributed by atoms with Crippen LogP contribution in [0.3, 0.4) is 0 Å². The first-order valence-corrected chi connectivity index (χ1v) is 8.73. The Labute approximate surface area is 163 Å². The predicted octanol–water partition coefficient (Wildman–Crippen LogP) is 4.94. The summed E-state index contributed by atoms with van der Waals surface area (Å²) in [5, 5.41) is 6.63. The standard InChI is InChI=1S/C20H16F4N4O/c1-11-7-14(21)4-6-16(11)27-10-28(18-9-25-26-12(18)2)19(29)15-8-13(20(22,23)24)3-5-17(15)27/h3-9H,10H2,1-2H3,(H,25,26). The van der Waals surface area contributed by atoms with Gasteiger partial charge in [-0.05, 0) is 55.8 Å². The summed E-state index contributed by atoms with van der Waals surface area (Å²) in [7, 11) is 0. The summed E-state index contributed by atoms with van der Waals surface area (Å²) < 4.78 is 53.3. The molecule has 0 aliphatic carbocycles. The Bertz CT molecular complexity index is 1110. The maximum atomic E-state index is 13.6. The van der Waals surface area contributed by atoms with Gasteiger partial charge in [0.1, 0.15) is 12.5 Å². The molecule has 1 aromatic heterocycles.